The molecule has 3 aliphatic rings. The van der Waals surface area contributed by atoms with E-state index in [0.29, 0.717) is 6.04 Å². The smallest absolute Gasteiger partial charge is 0.334 e. The standard InChI is InChI=1S/C22H27F3N2O/c1-15-3-2-11-26(15)12-10-16-4-6-17(7-5-16)19-9-8-18-13-27(14-20(18)19)21(28)22(23,24)25/h4-9,15,18-20H,2-3,10-14H2,1H3. The Kier molecular flexibility index (Phi) is 5.25. The molecule has 4 atom stereocenters. The molecule has 0 aromatic heterocycles. The van der Waals surface area contributed by atoms with Gasteiger partial charge in [-0.15, -0.1) is 0 Å². The van der Waals surface area contributed by atoms with Crippen LogP contribution in [0.3, 0.4) is 0 Å². The number of fused-ring (bicyclic) bond motifs is 1. The van der Waals surface area contributed by atoms with Crippen molar-refractivity contribution in [2.24, 2.45) is 11.8 Å². The van der Waals surface area contributed by atoms with Gasteiger partial charge < -0.3 is 9.80 Å². The third-order valence-electron chi connectivity index (χ3n) is 6.71. The molecule has 2 saturated heterocycles. The Hall–Kier alpha value is -1.82. The van der Waals surface area contributed by atoms with Crippen LogP contribution in [0.5, 0.6) is 0 Å². The number of rotatable bonds is 4. The van der Waals surface area contributed by atoms with Crippen molar-refractivity contribution in [2.75, 3.05) is 26.2 Å². The summed E-state index contributed by atoms with van der Waals surface area (Å²) in [7, 11) is 0. The summed E-state index contributed by atoms with van der Waals surface area (Å²) in [6.07, 6.45) is 2.89. The van der Waals surface area contributed by atoms with Crippen LogP contribution in [0.15, 0.2) is 36.4 Å². The number of likely N-dealkylation sites (tertiary alicyclic amines) is 2. The lowest BCUT2D eigenvalue weighted by Gasteiger charge is -2.22. The van der Waals surface area contributed by atoms with Crippen molar-refractivity contribution in [1.82, 2.24) is 9.80 Å². The summed E-state index contributed by atoms with van der Waals surface area (Å²) in [5.74, 6) is -1.56. The van der Waals surface area contributed by atoms with Crippen molar-refractivity contribution < 1.29 is 18.0 Å². The fourth-order valence-electron chi connectivity index (χ4n) is 5.05. The van der Waals surface area contributed by atoms with Crippen LogP contribution in [0.1, 0.15) is 36.8 Å². The number of benzene rings is 1. The molecule has 2 aliphatic heterocycles. The van der Waals surface area contributed by atoms with Crippen molar-refractivity contribution in [2.45, 2.75) is 44.3 Å². The molecular formula is C22H27F3N2O. The van der Waals surface area contributed by atoms with Crippen LogP contribution in [0.2, 0.25) is 0 Å². The maximum absolute atomic E-state index is 12.7. The Labute approximate surface area is 164 Å². The molecule has 4 rings (SSSR count). The van der Waals surface area contributed by atoms with E-state index in [1.165, 1.54) is 24.9 Å². The molecule has 0 saturated carbocycles. The topological polar surface area (TPSA) is 23.6 Å². The predicted octanol–water partition coefficient (Wildman–Crippen LogP) is 4.00. The van der Waals surface area contributed by atoms with Crippen molar-refractivity contribution in [3.63, 3.8) is 0 Å². The minimum Gasteiger partial charge on any atom is -0.334 e. The van der Waals surface area contributed by atoms with E-state index in [2.05, 4.69) is 42.2 Å². The van der Waals surface area contributed by atoms with Crippen LogP contribution in [0, 0.1) is 11.8 Å². The third kappa shape index (κ3) is 3.84. The zero-order valence-corrected chi connectivity index (χ0v) is 16.2. The number of alkyl halides is 3. The maximum Gasteiger partial charge on any atom is 0.471 e. The summed E-state index contributed by atoms with van der Waals surface area (Å²) in [5, 5.41) is 0. The van der Waals surface area contributed by atoms with Gasteiger partial charge in [0.25, 0.3) is 0 Å². The second-order valence-corrected chi connectivity index (χ2v) is 8.47. The molecular weight excluding hydrogens is 365 g/mol. The largest absolute Gasteiger partial charge is 0.471 e. The van der Waals surface area contributed by atoms with E-state index < -0.39 is 12.1 Å². The lowest BCUT2D eigenvalue weighted by molar-refractivity contribution is -0.184. The summed E-state index contributed by atoms with van der Waals surface area (Å²) < 4.78 is 38.2. The maximum atomic E-state index is 12.7. The quantitative estimate of drug-likeness (QED) is 0.723. The van der Waals surface area contributed by atoms with Crippen molar-refractivity contribution in [1.29, 1.82) is 0 Å². The fraction of sp³-hybridized carbons (Fsp3) is 0.591. The van der Waals surface area contributed by atoms with Crippen molar-refractivity contribution >= 4 is 5.91 Å². The minimum absolute atomic E-state index is 0.0210. The van der Waals surface area contributed by atoms with Gasteiger partial charge >= 0.3 is 12.1 Å². The SMILES string of the molecule is CC1CCCN1CCc1ccc(C2C=CC3CN(C(=O)C(F)(F)F)CC32)cc1. The van der Waals surface area contributed by atoms with Gasteiger partial charge in [0.05, 0.1) is 0 Å². The Morgan fingerprint density at radius 1 is 1.14 bits per heavy atom. The van der Waals surface area contributed by atoms with Crippen molar-refractivity contribution in [3.05, 3.63) is 47.5 Å². The van der Waals surface area contributed by atoms with Gasteiger partial charge in [0.15, 0.2) is 0 Å². The highest BCUT2D eigenvalue weighted by molar-refractivity contribution is 5.82. The first-order chi connectivity index (χ1) is 13.3. The van der Waals surface area contributed by atoms with Gasteiger partial charge in [-0.1, -0.05) is 36.4 Å². The number of nitrogens with zero attached hydrogens (tertiary/aromatic N) is 2. The van der Waals surface area contributed by atoms with E-state index in [1.807, 2.05) is 6.08 Å². The Bertz CT molecular complexity index is 743. The van der Waals surface area contributed by atoms with Crippen LogP contribution in [0.4, 0.5) is 13.2 Å². The number of carbonyl (C=O) groups is 1. The predicted molar refractivity (Wildman–Crippen MR) is 102 cm³/mol. The van der Waals surface area contributed by atoms with Gasteiger partial charge in [-0.25, -0.2) is 0 Å². The first-order valence-electron chi connectivity index (χ1n) is 10.2. The van der Waals surface area contributed by atoms with E-state index in [-0.39, 0.29) is 30.8 Å². The average molecular weight is 392 g/mol. The van der Waals surface area contributed by atoms with Gasteiger partial charge in [-0.3, -0.25) is 4.79 Å². The monoisotopic (exact) mass is 392 g/mol. The molecule has 1 aromatic rings. The van der Waals surface area contributed by atoms with E-state index in [4.69, 9.17) is 0 Å². The second-order valence-electron chi connectivity index (χ2n) is 8.47. The average Bonchev–Trinajstić information content (AvgIpc) is 3.34. The lowest BCUT2D eigenvalue weighted by Crippen LogP contribution is -2.40. The van der Waals surface area contributed by atoms with E-state index in [1.54, 1.807) is 0 Å². The number of amides is 1. The number of allylic oxidation sites excluding steroid dienone is 1. The number of hydrogen-bond donors (Lipinski definition) is 0. The molecule has 6 heteroatoms. The van der Waals surface area contributed by atoms with Crippen LogP contribution in [-0.4, -0.2) is 54.1 Å². The summed E-state index contributed by atoms with van der Waals surface area (Å²) >= 11 is 0. The summed E-state index contributed by atoms with van der Waals surface area (Å²) in [4.78, 5) is 15.1. The van der Waals surface area contributed by atoms with Gasteiger partial charge in [-0.2, -0.15) is 13.2 Å². The minimum atomic E-state index is -4.79. The van der Waals surface area contributed by atoms with Crippen LogP contribution in [0.25, 0.3) is 0 Å². The zero-order chi connectivity index (χ0) is 19.9. The van der Waals surface area contributed by atoms with Crippen molar-refractivity contribution in [3.8, 4) is 0 Å². The first kappa shape index (κ1) is 19.5. The molecule has 28 heavy (non-hydrogen) atoms. The normalized spacial score (nSPS) is 30.2. The third-order valence-corrected chi connectivity index (χ3v) is 6.71. The van der Waals surface area contributed by atoms with E-state index >= 15 is 0 Å². The van der Waals surface area contributed by atoms with Gasteiger partial charge in [0, 0.05) is 31.6 Å². The lowest BCUT2D eigenvalue weighted by atomic mass is 9.85. The number of carbonyl (C=O) groups excluding carboxylic acids is 1. The van der Waals surface area contributed by atoms with Crippen LogP contribution < -0.4 is 0 Å². The molecule has 0 spiro atoms. The Morgan fingerprint density at radius 3 is 2.54 bits per heavy atom. The highest BCUT2D eigenvalue weighted by Gasteiger charge is 2.49. The fourth-order valence-corrected chi connectivity index (χ4v) is 5.05. The highest BCUT2D eigenvalue weighted by Crippen LogP contribution is 2.43. The summed E-state index contributed by atoms with van der Waals surface area (Å²) in [6, 6.07) is 9.17. The van der Waals surface area contributed by atoms with Gasteiger partial charge in [0.1, 0.15) is 0 Å². The second kappa shape index (κ2) is 7.54. The molecule has 1 aromatic carbocycles. The first-order valence-corrected chi connectivity index (χ1v) is 10.2. The summed E-state index contributed by atoms with van der Waals surface area (Å²) in [5.41, 5.74) is 2.42. The molecule has 2 fully saturated rings. The number of halogens is 3. The van der Waals surface area contributed by atoms with E-state index in [9.17, 15) is 18.0 Å². The Balaban J connectivity index is 1.37. The van der Waals surface area contributed by atoms with E-state index in [0.717, 1.165) is 23.4 Å². The van der Waals surface area contributed by atoms with Gasteiger partial charge in [0.2, 0.25) is 0 Å². The summed E-state index contributed by atoms with van der Waals surface area (Å²) in [6.45, 7) is 4.89. The molecule has 4 unspecified atom stereocenters. The molecule has 0 N–H and O–H groups in total. The molecule has 0 bridgehead atoms. The molecule has 1 aliphatic carbocycles. The van der Waals surface area contributed by atoms with Gasteiger partial charge in [-0.05, 0) is 55.7 Å². The highest BCUT2D eigenvalue weighted by atomic mass is 19.4. The molecule has 152 valence electrons. The molecule has 2 heterocycles. The molecule has 0 radical (unpaired) electrons. The molecule has 3 nitrogen and oxygen atoms in total. The Morgan fingerprint density at radius 2 is 1.89 bits per heavy atom. The molecule has 1 amide bonds. The number of hydrogen-bond acceptors (Lipinski definition) is 2. The zero-order valence-electron chi connectivity index (χ0n) is 16.2. The van der Waals surface area contributed by atoms with Crippen LogP contribution in [-0.2, 0) is 11.2 Å². The van der Waals surface area contributed by atoms with Crippen LogP contribution >= 0.6 is 0 Å².